The van der Waals surface area contributed by atoms with Gasteiger partial charge >= 0.3 is 0 Å². The van der Waals surface area contributed by atoms with Crippen LogP contribution in [-0.2, 0) is 11.2 Å². The number of rotatable bonds is 8. The number of methoxy groups -OCH3 is 1. The van der Waals surface area contributed by atoms with Crippen LogP contribution in [0, 0.1) is 0 Å². The molecule has 6 nitrogen and oxygen atoms in total. The predicted molar refractivity (Wildman–Crippen MR) is 110 cm³/mol. The van der Waals surface area contributed by atoms with Gasteiger partial charge in [0.05, 0.1) is 6.61 Å². The van der Waals surface area contributed by atoms with Gasteiger partial charge in [-0.05, 0) is 31.9 Å². The van der Waals surface area contributed by atoms with E-state index in [-0.39, 0.29) is 0 Å². The van der Waals surface area contributed by atoms with Gasteiger partial charge in [-0.15, -0.1) is 0 Å². The molecule has 1 aromatic carbocycles. The number of likely N-dealkylation sites (tertiary alicyclic amines) is 1. The molecule has 148 valence electrons. The molecular formula is C21H32N4O2. The minimum atomic E-state index is 0.479. The second kappa shape index (κ2) is 10.3. The molecule has 1 aromatic heterocycles. The second-order valence-corrected chi connectivity index (χ2v) is 7.01. The molecular weight excluding hydrogens is 340 g/mol. The Morgan fingerprint density at radius 1 is 1.30 bits per heavy atom. The van der Waals surface area contributed by atoms with Gasteiger partial charge in [0.2, 0.25) is 0 Å². The topological polar surface area (TPSA) is 62.0 Å². The van der Waals surface area contributed by atoms with Crippen molar-refractivity contribution in [3.05, 3.63) is 36.1 Å². The summed E-state index contributed by atoms with van der Waals surface area (Å²) in [6.07, 6.45) is 3.08. The number of hydrogen-bond donors (Lipinski definition) is 2. The quantitative estimate of drug-likeness (QED) is 0.551. The van der Waals surface area contributed by atoms with E-state index in [1.54, 1.807) is 7.11 Å². The number of benzene rings is 1. The minimum absolute atomic E-state index is 0.479. The normalized spacial score (nSPS) is 16.7. The van der Waals surface area contributed by atoms with Crippen molar-refractivity contribution in [2.75, 3.05) is 46.4 Å². The lowest BCUT2D eigenvalue weighted by Crippen LogP contribution is -2.49. The van der Waals surface area contributed by atoms with E-state index < -0.39 is 0 Å². The average Bonchev–Trinajstić information content (AvgIpc) is 3.10. The molecule has 0 spiro atoms. The molecule has 1 fully saturated rings. The number of guanidine groups is 1. The molecule has 0 radical (unpaired) electrons. The van der Waals surface area contributed by atoms with Gasteiger partial charge in [-0.2, -0.15) is 0 Å². The van der Waals surface area contributed by atoms with Crippen molar-refractivity contribution in [3.8, 4) is 0 Å². The maximum absolute atomic E-state index is 5.88. The molecule has 3 rings (SSSR count). The third-order valence-electron chi connectivity index (χ3n) is 4.99. The third kappa shape index (κ3) is 5.97. The third-order valence-corrected chi connectivity index (χ3v) is 4.99. The maximum atomic E-state index is 5.88. The van der Waals surface area contributed by atoms with Crippen molar-refractivity contribution in [2.45, 2.75) is 32.2 Å². The van der Waals surface area contributed by atoms with Crippen LogP contribution in [0.4, 0.5) is 0 Å². The summed E-state index contributed by atoms with van der Waals surface area (Å²) in [6, 6.07) is 10.7. The standard InChI is InChI=1S/C21H32N4O2/c1-3-22-21(24-18-9-12-25(13-10-18)14-15-26-2)23-11-8-19-16-17-6-4-5-7-20(17)27-19/h4-7,16,18H,3,8-15H2,1-2H3,(H2,22,23,24). The number of para-hydroxylation sites is 1. The van der Waals surface area contributed by atoms with E-state index in [0.29, 0.717) is 12.6 Å². The summed E-state index contributed by atoms with van der Waals surface area (Å²) in [5.74, 6) is 1.89. The first-order valence-electron chi connectivity index (χ1n) is 10.0. The van der Waals surface area contributed by atoms with Crippen LogP contribution in [0.5, 0.6) is 0 Å². The first-order valence-corrected chi connectivity index (χ1v) is 10.0. The van der Waals surface area contributed by atoms with E-state index in [0.717, 1.165) is 74.7 Å². The number of ether oxygens (including phenoxy) is 1. The Hall–Kier alpha value is -2.05. The lowest BCUT2D eigenvalue weighted by atomic mass is 10.1. The summed E-state index contributed by atoms with van der Waals surface area (Å²) in [5, 5.41) is 8.11. The molecule has 6 heteroatoms. The van der Waals surface area contributed by atoms with Crippen LogP contribution in [0.1, 0.15) is 25.5 Å². The summed E-state index contributed by atoms with van der Waals surface area (Å²) in [5.41, 5.74) is 0.946. The molecule has 1 aliphatic rings. The van der Waals surface area contributed by atoms with Crippen molar-refractivity contribution in [3.63, 3.8) is 0 Å². The summed E-state index contributed by atoms with van der Waals surface area (Å²) < 4.78 is 11.1. The van der Waals surface area contributed by atoms with Gasteiger partial charge in [-0.3, -0.25) is 4.99 Å². The summed E-state index contributed by atoms with van der Waals surface area (Å²) >= 11 is 0. The SMILES string of the molecule is CCNC(=NCCc1cc2ccccc2o1)NC1CCN(CCOC)CC1. The van der Waals surface area contributed by atoms with Crippen LogP contribution in [-0.4, -0.2) is 63.3 Å². The predicted octanol–water partition coefficient (Wildman–Crippen LogP) is 2.64. The van der Waals surface area contributed by atoms with Crippen LogP contribution in [0.25, 0.3) is 11.0 Å². The zero-order valence-corrected chi connectivity index (χ0v) is 16.5. The van der Waals surface area contributed by atoms with Crippen molar-refractivity contribution < 1.29 is 9.15 Å². The molecule has 0 unspecified atom stereocenters. The summed E-state index contributed by atoms with van der Waals surface area (Å²) in [7, 11) is 1.76. The maximum Gasteiger partial charge on any atom is 0.191 e. The van der Waals surface area contributed by atoms with Gasteiger partial charge < -0.3 is 24.7 Å². The van der Waals surface area contributed by atoms with Gasteiger partial charge in [0.1, 0.15) is 11.3 Å². The van der Waals surface area contributed by atoms with Gasteiger partial charge in [0.15, 0.2) is 5.96 Å². The van der Waals surface area contributed by atoms with Crippen molar-refractivity contribution >= 4 is 16.9 Å². The fourth-order valence-electron chi connectivity index (χ4n) is 3.47. The Labute approximate surface area is 162 Å². The van der Waals surface area contributed by atoms with Crippen LogP contribution < -0.4 is 10.6 Å². The zero-order chi connectivity index (χ0) is 18.9. The molecule has 0 aliphatic carbocycles. The fraction of sp³-hybridized carbons (Fsp3) is 0.571. The zero-order valence-electron chi connectivity index (χ0n) is 16.5. The van der Waals surface area contributed by atoms with Crippen LogP contribution in [0.2, 0.25) is 0 Å². The second-order valence-electron chi connectivity index (χ2n) is 7.01. The molecule has 2 N–H and O–H groups in total. The first kappa shape index (κ1) is 19.7. The summed E-state index contributed by atoms with van der Waals surface area (Å²) in [6.45, 7) is 7.73. The lowest BCUT2D eigenvalue weighted by Gasteiger charge is -2.32. The Bertz CT molecular complexity index is 687. The van der Waals surface area contributed by atoms with Crippen molar-refractivity contribution in [1.82, 2.24) is 15.5 Å². The highest BCUT2D eigenvalue weighted by Crippen LogP contribution is 2.19. The van der Waals surface area contributed by atoms with E-state index in [4.69, 9.17) is 14.1 Å². The highest BCUT2D eigenvalue weighted by Gasteiger charge is 2.19. The van der Waals surface area contributed by atoms with Crippen molar-refractivity contribution in [2.24, 2.45) is 4.99 Å². The Kier molecular flexibility index (Phi) is 7.54. The molecule has 0 saturated carbocycles. The van der Waals surface area contributed by atoms with E-state index in [9.17, 15) is 0 Å². The smallest absolute Gasteiger partial charge is 0.191 e. The van der Waals surface area contributed by atoms with Gasteiger partial charge in [0.25, 0.3) is 0 Å². The molecule has 0 bridgehead atoms. The number of furan rings is 1. The van der Waals surface area contributed by atoms with E-state index >= 15 is 0 Å². The largest absolute Gasteiger partial charge is 0.461 e. The lowest BCUT2D eigenvalue weighted by molar-refractivity contribution is 0.128. The number of nitrogens with zero attached hydrogens (tertiary/aromatic N) is 2. The molecule has 2 aromatic rings. The highest BCUT2D eigenvalue weighted by molar-refractivity contribution is 5.80. The number of piperidine rings is 1. The average molecular weight is 373 g/mol. The van der Waals surface area contributed by atoms with E-state index in [2.05, 4.69) is 34.6 Å². The van der Waals surface area contributed by atoms with Crippen molar-refractivity contribution in [1.29, 1.82) is 0 Å². The molecule has 0 amide bonds. The molecule has 1 aliphatic heterocycles. The minimum Gasteiger partial charge on any atom is -0.461 e. The summed E-state index contributed by atoms with van der Waals surface area (Å²) in [4.78, 5) is 7.21. The number of nitrogens with one attached hydrogen (secondary N) is 2. The van der Waals surface area contributed by atoms with Crippen LogP contribution in [0.15, 0.2) is 39.7 Å². The molecule has 27 heavy (non-hydrogen) atoms. The Morgan fingerprint density at radius 2 is 2.11 bits per heavy atom. The van der Waals surface area contributed by atoms with E-state index in [1.807, 2.05) is 18.2 Å². The Balaban J connectivity index is 1.48. The highest BCUT2D eigenvalue weighted by atomic mass is 16.5. The number of fused-ring (bicyclic) bond motifs is 1. The first-order chi connectivity index (χ1) is 13.3. The van der Waals surface area contributed by atoms with Crippen LogP contribution >= 0.6 is 0 Å². The molecule has 2 heterocycles. The van der Waals surface area contributed by atoms with E-state index in [1.165, 1.54) is 0 Å². The van der Waals surface area contributed by atoms with Gasteiger partial charge in [-0.25, -0.2) is 0 Å². The molecule has 1 saturated heterocycles. The van der Waals surface area contributed by atoms with Gasteiger partial charge in [-0.1, -0.05) is 18.2 Å². The van der Waals surface area contributed by atoms with Crippen LogP contribution in [0.3, 0.4) is 0 Å². The van der Waals surface area contributed by atoms with Gasteiger partial charge in [0, 0.05) is 57.7 Å². The number of aliphatic imine (C=N–C) groups is 1. The Morgan fingerprint density at radius 3 is 2.85 bits per heavy atom. The number of hydrogen-bond acceptors (Lipinski definition) is 4. The fourth-order valence-corrected chi connectivity index (χ4v) is 3.47. The molecule has 0 atom stereocenters. The monoisotopic (exact) mass is 372 g/mol.